The topological polar surface area (TPSA) is 45.5 Å². The number of aromatic nitrogens is 1. The van der Waals surface area contributed by atoms with Gasteiger partial charge in [0, 0.05) is 22.7 Å². The third-order valence-electron chi connectivity index (χ3n) is 6.03. The summed E-state index contributed by atoms with van der Waals surface area (Å²) in [7, 11) is 0. The number of hydrogen-bond donors (Lipinski definition) is 1. The molecular weight excluding hydrogens is 388 g/mol. The fourth-order valence-electron chi connectivity index (χ4n) is 4.36. The Morgan fingerprint density at radius 1 is 0.933 bits per heavy atom. The van der Waals surface area contributed by atoms with E-state index in [0.29, 0.717) is 5.13 Å². The quantitative estimate of drug-likeness (QED) is 0.353. The fourth-order valence-corrected chi connectivity index (χ4v) is 5.03. The molecule has 30 heavy (non-hydrogen) atoms. The molecule has 0 unspecified atom stereocenters. The number of aliphatic imine (C=N–C) groups is 1. The van der Waals surface area contributed by atoms with E-state index in [1.54, 1.807) is 12.3 Å². The van der Waals surface area contributed by atoms with E-state index in [4.69, 9.17) is 0 Å². The Morgan fingerprint density at radius 2 is 1.73 bits per heavy atom. The summed E-state index contributed by atoms with van der Waals surface area (Å²) in [6.45, 7) is 0. The Hall–Kier alpha value is -2.98. The van der Waals surface area contributed by atoms with Gasteiger partial charge in [-0.25, -0.2) is 9.98 Å². The Bertz CT molecular complexity index is 1190. The first-order chi connectivity index (χ1) is 14.8. The van der Waals surface area contributed by atoms with E-state index >= 15 is 0 Å². The summed E-state index contributed by atoms with van der Waals surface area (Å²) >= 11 is 1.52. The molecule has 0 amide bonds. The lowest BCUT2D eigenvalue weighted by molar-refractivity contribution is 0.443. The van der Waals surface area contributed by atoms with Crippen LogP contribution in [0.2, 0.25) is 0 Å². The van der Waals surface area contributed by atoms with Crippen LogP contribution in [-0.2, 0) is 0 Å². The van der Waals surface area contributed by atoms with E-state index in [0.717, 1.165) is 33.5 Å². The van der Waals surface area contributed by atoms with Crippen LogP contribution in [0.1, 0.15) is 49.1 Å². The largest absolute Gasteiger partial charge is 0.507 e. The molecule has 0 radical (unpaired) electrons. The lowest BCUT2D eigenvalue weighted by Crippen LogP contribution is -2.04. The van der Waals surface area contributed by atoms with Gasteiger partial charge in [-0.1, -0.05) is 73.9 Å². The van der Waals surface area contributed by atoms with E-state index in [1.807, 2.05) is 35.7 Å². The highest BCUT2D eigenvalue weighted by Crippen LogP contribution is 2.34. The summed E-state index contributed by atoms with van der Waals surface area (Å²) in [5.74, 6) is 0.948. The van der Waals surface area contributed by atoms with Crippen molar-refractivity contribution in [3.63, 3.8) is 0 Å². The van der Waals surface area contributed by atoms with E-state index < -0.39 is 0 Å². The van der Waals surface area contributed by atoms with Gasteiger partial charge in [0.1, 0.15) is 5.75 Å². The molecule has 1 heterocycles. The number of nitrogens with zero attached hydrogens (tertiary/aromatic N) is 2. The fraction of sp³-hybridized carbons (Fsp3) is 0.231. The number of phenolic OH excluding ortho intramolecular Hbond substituents is 1. The van der Waals surface area contributed by atoms with Crippen molar-refractivity contribution in [2.75, 3.05) is 0 Å². The van der Waals surface area contributed by atoms with Gasteiger partial charge in [-0.3, -0.25) is 0 Å². The van der Waals surface area contributed by atoms with Crippen LogP contribution in [0.3, 0.4) is 0 Å². The number of rotatable bonds is 4. The highest BCUT2D eigenvalue weighted by Gasteiger charge is 2.15. The SMILES string of the molecule is Oc1ccc2ccccc2c1C=Nc1nc(-c2ccc(C3CCCCC3)cc2)cs1. The van der Waals surface area contributed by atoms with E-state index in [-0.39, 0.29) is 5.75 Å². The first-order valence-electron chi connectivity index (χ1n) is 10.6. The molecule has 0 aliphatic heterocycles. The first kappa shape index (κ1) is 19.0. The molecule has 1 aliphatic carbocycles. The average Bonchev–Trinajstić information content (AvgIpc) is 3.28. The summed E-state index contributed by atoms with van der Waals surface area (Å²) in [5.41, 5.74) is 4.25. The van der Waals surface area contributed by atoms with Gasteiger partial charge in [0.25, 0.3) is 0 Å². The highest BCUT2D eigenvalue weighted by atomic mass is 32.1. The number of fused-ring (bicyclic) bond motifs is 1. The zero-order valence-corrected chi connectivity index (χ0v) is 17.6. The zero-order valence-electron chi connectivity index (χ0n) is 16.8. The molecule has 0 atom stereocenters. The Morgan fingerprint density at radius 3 is 2.57 bits per heavy atom. The van der Waals surface area contributed by atoms with Gasteiger partial charge in [0.2, 0.25) is 5.13 Å². The minimum atomic E-state index is 0.229. The summed E-state index contributed by atoms with van der Waals surface area (Å²) in [6.07, 6.45) is 8.43. The van der Waals surface area contributed by atoms with Crippen molar-refractivity contribution in [3.8, 4) is 17.0 Å². The van der Waals surface area contributed by atoms with Crippen LogP contribution >= 0.6 is 11.3 Å². The molecule has 4 heteroatoms. The van der Waals surface area contributed by atoms with E-state index in [9.17, 15) is 5.11 Å². The van der Waals surface area contributed by atoms with Crippen LogP contribution in [0.15, 0.2) is 71.0 Å². The van der Waals surface area contributed by atoms with Gasteiger partial charge in [-0.05, 0) is 41.2 Å². The number of hydrogen-bond acceptors (Lipinski definition) is 4. The molecular formula is C26H24N2OS. The van der Waals surface area contributed by atoms with Crippen LogP contribution in [-0.4, -0.2) is 16.3 Å². The third kappa shape index (κ3) is 3.88. The normalized spacial score (nSPS) is 15.2. The molecule has 3 aromatic carbocycles. The van der Waals surface area contributed by atoms with Crippen molar-refractivity contribution >= 4 is 33.5 Å². The van der Waals surface area contributed by atoms with E-state index in [1.165, 1.54) is 49.0 Å². The Kier molecular flexibility index (Phi) is 5.33. The molecule has 1 aromatic heterocycles. The minimum absolute atomic E-state index is 0.229. The second-order valence-electron chi connectivity index (χ2n) is 7.95. The maximum absolute atomic E-state index is 10.3. The minimum Gasteiger partial charge on any atom is -0.507 e. The molecule has 0 spiro atoms. The van der Waals surface area contributed by atoms with Crippen molar-refractivity contribution in [2.24, 2.45) is 4.99 Å². The van der Waals surface area contributed by atoms with Crippen molar-refractivity contribution in [3.05, 3.63) is 77.2 Å². The lowest BCUT2D eigenvalue weighted by atomic mass is 9.84. The van der Waals surface area contributed by atoms with Crippen LogP contribution in [0.25, 0.3) is 22.0 Å². The predicted octanol–water partition coefficient (Wildman–Crippen LogP) is 7.47. The second kappa shape index (κ2) is 8.41. The zero-order chi connectivity index (χ0) is 20.3. The molecule has 3 nitrogen and oxygen atoms in total. The van der Waals surface area contributed by atoms with Crippen molar-refractivity contribution in [2.45, 2.75) is 38.0 Å². The number of aromatic hydroxyl groups is 1. The Balaban J connectivity index is 1.37. The summed E-state index contributed by atoms with van der Waals surface area (Å²) in [6, 6.07) is 20.5. The van der Waals surface area contributed by atoms with Crippen molar-refractivity contribution in [1.29, 1.82) is 0 Å². The second-order valence-corrected chi connectivity index (χ2v) is 8.79. The summed E-state index contributed by atoms with van der Waals surface area (Å²) in [5, 5.41) is 15.1. The number of phenols is 1. The van der Waals surface area contributed by atoms with Gasteiger partial charge in [0.15, 0.2) is 0 Å². The van der Waals surface area contributed by atoms with Gasteiger partial charge >= 0.3 is 0 Å². The smallest absolute Gasteiger partial charge is 0.209 e. The molecule has 1 saturated carbocycles. The molecule has 5 rings (SSSR count). The van der Waals surface area contributed by atoms with Gasteiger partial charge in [-0.2, -0.15) is 0 Å². The molecule has 0 bridgehead atoms. The lowest BCUT2D eigenvalue weighted by Gasteiger charge is -2.22. The molecule has 1 aliphatic rings. The van der Waals surface area contributed by atoms with Crippen molar-refractivity contribution < 1.29 is 5.11 Å². The van der Waals surface area contributed by atoms with Crippen LogP contribution in [0.5, 0.6) is 5.75 Å². The third-order valence-corrected chi connectivity index (χ3v) is 6.78. The van der Waals surface area contributed by atoms with Gasteiger partial charge < -0.3 is 5.11 Å². The molecule has 1 fully saturated rings. The maximum Gasteiger partial charge on any atom is 0.209 e. The Labute approximate surface area is 180 Å². The molecule has 4 aromatic rings. The number of thiazole rings is 1. The summed E-state index contributed by atoms with van der Waals surface area (Å²) in [4.78, 5) is 9.23. The van der Waals surface area contributed by atoms with Gasteiger partial charge in [-0.15, -0.1) is 11.3 Å². The first-order valence-corrected chi connectivity index (χ1v) is 11.5. The van der Waals surface area contributed by atoms with Crippen LogP contribution < -0.4 is 0 Å². The number of benzene rings is 3. The van der Waals surface area contributed by atoms with Crippen LogP contribution in [0, 0.1) is 0 Å². The monoisotopic (exact) mass is 412 g/mol. The maximum atomic E-state index is 10.3. The summed E-state index contributed by atoms with van der Waals surface area (Å²) < 4.78 is 0. The molecule has 1 N–H and O–H groups in total. The standard InChI is InChI=1S/C26H24N2OS/c29-25-15-14-20-8-4-5-9-22(20)23(25)16-27-26-28-24(17-30-26)21-12-10-19(11-13-21)18-6-2-1-3-7-18/h4-5,8-18,29H,1-3,6-7H2. The van der Waals surface area contributed by atoms with Crippen molar-refractivity contribution in [1.82, 2.24) is 4.98 Å². The highest BCUT2D eigenvalue weighted by molar-refractivity contribution is 7.13. The van der Waals surface area contributed by atoms with Crippen LogP contribution in [0.4, 0.5) is 5.13 Å². The predicted molar refractivity (Wildman–Crippen MR) is 126 cm³/mol. The van der Waals surface area contributed by atoms with Gasteiger partial charge in [0.05, 0.1) is 5.69 Å². The van der Waals surface area contributed by atoms with E-state index in [2.05, 4.69) is 34.2 Å². The molecule has 0 saturated heterocycles. The molecule has 150 valence electrons. The average molecular weight is 413 g/mol.